The van der Waals surface area contributed by atoms with Crippen molar-refractivity contribution in [1.29, 1.82) is 0 Å². The minimum atomic E-state index is -0.525. The van der Waals surface area contributed by atoms with E-state index in [0.717, 1.165) is 11.6 Å². The number of rotatable bonds is 3. The van der Waals surface area contributed by atoms with Gasteiger partial charge in [0.05, 0.1) is 4.83 Å². The standard InChI is InChI=1S/C17H17BrF2/c1-10(2)12-4-6-13(7-5-12)17(18)14-8-11(3)15(19)9-16(14)20/h4-10,17H,1-3H3. The second-order valence-corrected chi connectivity index (χ2v) is 6.22. The first-order valence-corrected chi connectivity index (χ1v) is 7.51. The van der Waals surface area contributed by atoms with Crippen LogP contribution >= 0.6 is 15.9 Å². The van der Waals surface area contributed by atoms with E-state index in [-0.39, 0.29) is 4.83 Å². The summed E-state index contributed by atoms with van der Waals surface area (Å²) in [6.07, 6.45) is 0. The van der Waals surface area contributed by atoms with Gasteiger partial charge < -0.3 is 0 Å². The maximum absolute atomic E-state index is 13.9. The van der Waals surface area contributed by atoms with Gasteiger partial charge in [0.2, 0.25) is 0 Å². The van der Waals surface area contributed by atoms with Crippen molar-refractivity contribution in [2.45, 2.75) is 31.5 Å². The normalized spacial score (nSPS) is 12.8. The SMILES string of the molecule is Cc1cc(C(Br)c2ccc(C(C)C)cc2)c(F)cc1F. The number of benzene rings is 2. The molecule has 0 nitrogen and oxygen atoms in total. The molecule has 20 heavy (non-hydrogen) atoms. The molecule has 0 heterocycles. The third kappa shape index (κ3) is 3.09. The highest BCUT2D eigenvalue weighted by molar-refractivity contribution is 9.09. The van der Waals surface area contributed by atoms with Gasteiger partial charge in [-0.15, -0.1) is 0 Å². The molecule has 0 amide bonds. The molecule has 106 valence electrons. The van der Waals surface area contributed by atoms with Crippen molar-refractivity contribution >= 4 is 15.9 Å². The predicted molar refractivity (Wildman–Crippen MR) is 82.4 cm³/mol. The Hall–Kier alpha value is -1.22. The third-order valence-electron chi connectivity index (χ3n) is 3.45. The van der Waals surface area contributed by atoms with E-state index < -0.39 is 11.6 Å². The Kier molecular flexibility index (Phi) is 4.59. The van der Waals surface area contributed by atoms with E-state index in [1.165, 1.54) is 5.56 Å². The highest BCUT2D eigenvalue weighted by Crippen LogP contribution is 2.34. The summed E-state index contributed by atoms with van der Waals surface area (Å²) in [5, 5.41) is 0. The van der Waals surface area contributed by atoms with Crippen molar-refractivity contribution in [3.63, 3.8) is 0 Å². The number of alkyl halides is 1. The molecular formula is C17H17BrF2. The van der Waals surface area contributed by atoms with Crippen LogP contribution in [0, 0.1) is 18.6 Å². The Balaban J connectivity index is 2.36. The first-order valence-electron chi connectivity index (χ1n) is 6.59. The molecule has 0 fully saturated rings. The van der Waals surface area contributed by atoms with Crippen molar-refractivity contribution in [3.8, 4) is 0 Å². The lowest BCUT2D eigenvalue weighted by Crippen LogP contribution is -2.00. The van der Waals surface area contributed by atoms with E-state index in [4.69, 9.17) is 0 Å². The van der Waals surface area contributed by atoms with Gasteiger partial charge in [0.15, 0.2) is 0 Å². The molecule has 3 heteroatoms. The fourth-order valence-corrected chi connectivity index (χ4v) is 2.76. The van der Waals surface area contributed by atoms with E-state index in [1.54, 1.807) is 13.0 Å². The lowest BCUT2D eigenvalue weighted by atomic mass is 9.98. The van der Waals surface area contributed by atoms with E-state index >= 15 is 0 Å². The highest BCUT2D eigenvalue weighted by atomic mass is 79.9. The highest BCUT2D eigenvalue weighted by Gasteiger charge is 2.17. The van der Waals surface area contributed by atoms with Gasteiger partial charge in [-0.3, -0.25) is 0 Å². The monoisotopic (exact) mass is 338 g/mol. The molecule has 0 bridgehead atoms. The van der Waals surface area contributed by atoms with Crippen LogP contribution in [0.1, 0.15) is 46.8 Å². The lowest BCUT2D eigenvalue weighted by molar-refractivity contribution is 0.569. The van der Waals surface area contributed by atoms with Crippen LogP contribution < -0.4 is 0 Å². The molecule has 1 atom stereocenters. The Labute approximate surface area is 127 Å². The van der Waals surface area contributed by atoms with Crippen molar-refractivity contribution in [3.05, 3.63) is 70.3 Å². The van der Waals surface area contributed by atoms with Crippen LogP contribution in [0.5, 0.6) is 0 Å². The molecule has 0 aliphatic rings. The Morgan fingerprint density at radius 3 is 2.00 bits per heavy atom. The van der Waals surface area contributed by atoms with Gasteiger partial charge >= 0.3 is 0 Å². The van der Waals surface area contributed by atoms with Crippen LogP contribution in [0.15, 0.2) is 36.4 Å². The average Bonchev–Trinajstić information content (AvgIpc) is 2.42. The smallest absolute Gasteiger partial charge is 0.130 e. The molecule has 0 spiro atoms. The zero-order valence-corrected chi connectivity index (χ0v) is 13.3. The van der Waals surface area contributed by atoms with Gasteiger partial charge in [0.1, 0.15) is 11.6 Å². The van der Waals surface area contributed by atoms with Crippen molar-refractivity contribution in [2.24, 2.45) is 0 Å². The largest absolute Gasteiger partial charge is 0.207 e. The Morgan fingerprint density at radius 1 is 0.900 bits per heavy atom. The van der Waals surface area contributed by atoms with Gasteiger partial charge in [0, 0.05) is 11.6 Å². The van der Waals surface area contributed by atoms with Crippen molar-refractivity contribution in [1.82, 2.24) is 0 Å². The summed E-state index contributed by atoms with van der Waals surface area (Å²) in [7, 11) is 0. The summed E-state index contributed by atoms with van der Waals surface area (Å²) < 4.78 is 27.2. The average molecular weight is 339 g/mol. The minimum Gasteiger partial charge on any atom is -0.207 e. The summed E-state index contributed by atoms with van der Waals surface area (Å²) in [6, 6.07) is 10.5. The fraction of sp³-hybridized carbons (Fsp3) is 0.294. The molecule has 1 unspecified atom stereocenters. The van der Waals surface area contributed by atoms with Crippen LogP contribution in [0.2, 0.25) is 0 Å². The maximum Gasteiger partial charge on any atom is 0.130 e. The molecule has 2 aromatic rings. The van der Waals surface area contributed by atoms with Crippen molar-refractivity contribution in [2.75, 3.05) is 0 Å². The van der Waals surface area contributed by atoms with Crippen LogP contribution in [0.25, 0.3) is 0 Å². The van der Waals surface area contributed by atoms with Gasteiger partial charge in [-0.25, -0.2) is 8.78 Å². The fourth-order valence-electron chi connectivity index (χ4n) is 2.10. The first kappa shape index (κ1) is 15.2. The molecule has 0 saturated carbocycles. The molecule has 0 aliphatic carbocycles. The van der Waals surface area contributed by atoms with E-state index in [2.05, 4.69) is 29.8 Å². The van der Waals surface area contributed by atoms with Gasteiger partial charge in [-0.1, -0.05) is 54.0 Å². The summed E-state index contributed by atoms with van der Waals surface area (Å²) >= 11 is 3.50. The van der Waals surface area contributed by atoms with Crippen LogP contribution in [0.3, 0.4) is 0 Å². The molecular weight excluding hydrogens is 322 g/mol. The minimum absolute atomic E-state index is 0.275. The second kappa shape index (κ2) is 6.04. The van der Waals surface area contributed by atoms with Crippen LogP contribution in [-0.4, -0.2) is 0 Å². The van der Waals surface area contributed by atoms with Crippen LogP contribution in [-0.2, 0) is 0 Å². The van der Waals surface area contributed by atoms with E-state index in [9.17, 15) is 8.78 Å². The third-order valence-corrected chi connectivity index (χ3v) is 4.47. The number of aryl methyl sites for hydroxylation is 1. The second-order valence-electron chi connectivity index (χ2n) is 5.31. The van der Waals surface area contributed by atoms with E-state index in [0.29, 0.717) is 17.0 Å². The Bertz CT molecular complexity index is 603. The Morgan fingerprint density at radius 2 is 1.45 bits per heavy atom. The molecule has 2 rings (SSSR count). The summed E-state index contributed by atoms with van der Waals surface area (Å²) in [4.78, 5) is -0.275. The number of hydrogen-bond acceptors (Lipinski definition) is 0. The first-order chi connectivity index (χ1) is 9.40. The predicted octanol–water partition coefficient (Wildman–Crippen LogP) is 5.88. The molecule has 0 radical (unpaired) electrons. The van der Waals surface area contributed by atoms with E-state index in [1.807, 2.05) is 24.3 Å². The molecule has 0 aliphatic heterocycles. The van der Waals surface area contributed by atoms with Crippen LogP contribution in [0.4, 0.5) is 8.78 Å². The lowest BCUT2D eigenvalue weighted by Gasteiger charge is -2.14. The summed E-state index contributed by atoms with van der Waals surface area (Å²) in [6.45, 7) is 5.90. The zero-order chi connectivity index (χ0) is 14.9. The molecule has 2 aromatic carbocycles. The summed E-state index contributed by atoms with van der Waals surface area (Å²) in [5.41, 5.74) is 3.11. The van der Waals surface area contributed by atoms with Crippen molar-refractivity contribution < 1.29 is 8.78 Å². The van der Waals surface area contributed by atoms with Gasteiger partial charge in [0.25, 0.3) is 0 Å². The quantitative estimate of drug-likeness (QED) is 0.613. The molecule has 0 aromatic heterocycles. The summed E-state index contributed by atoms with van der Waals surface area (Å²) in [5.74, 6) is -0.577. The topological polar surface area (TPSA) is 0 Å². The van der Waals surface area contributed by atoms with Gasteiger partial charge in [-0.2, -0.15) is 0 Å². The molecule has 0 saturated heterocycles. The zero-order valence-electron chi connectivity index (χ0n) is 11.8. The molecule has 0 N–H and O–H groups in total. The number of halogens is 3. The number of hydrogen-bond donors (Lipinski definition) is 0. The maximum atomic E-state index is 13.9. The van der Waals surface area contributed by atoms with Gasteiger partial charge in [-0.05, 0) is 35.6 Å².